The molecule has 114 valence electrons. The summed E-state index contributed by atoms with van der Waals surface area (Å²) in [6.07, 6.45) is 7.42. The fraction of sp³-hybridized carbons (Fsp3) is 0.533. The van der Waals surface area contributed by atoms with Crippen LogP contribution in [-0.4, -0.2) is 22.1 Å². The Labute approximate surface area is 128 Å². The summed E-state index contributed by atoms with van der Waals surface area (Å²) in [5.41, 5.74) is 6.54. The summed E-state index contributed by atoms with van der Waals surface area (Å²) < 4.78 is 0. The average molecular weight is 306 g/mol. The lowest BCUT2D eigenvalue weighted by Crippen LogP contribution is -2.32. The molecule has 0 spiro atoms. The van der Waals surface area contributed by atoms with Crippen LogP contribution in [0, 0.1) is 0 Å². The number of rotatable bonds is 7. The number of aromatic nitrogens is 2. The van der Waals surface area contributed by atoms with Crippen molar-refractivity contribution in [3.05, 3.63) is 17.1 Å². The first-order chi connectivity index (χ1) is 10.1. The zero-order valence-corrected chi connectivity index (χ0v) is 13.4. The Balaban J connectivity index is 1.97. The smallest absolute Gasteiger partial charge is 0.263 e. The number of unbranched alkanes of at least 4 members (excludes halogenated alkanes) is 3. The molecule has 21 heavy (non-hydrogen) atoms. The van der Waals surface area contributed by atoms with Crippen molar-refractivity contribution in [3.63, 3.8) is 0 Å². The summed E-state index contributed by atoms with van der Waals surface area (Å²) in [4.78, 5) is 13.5. The Kier molecular flexibility index (Phi) is 5.50. The minimum absolute atomic E-state index is 0.113. The average Bonchev–Trinajstić information content (AvgIpc) is 2.81. The third-order valence-corrected chi connectivity index (χ3v) is 4.60. The predicted octanol–water partition coefficient (Wildman–Crippen LogP) is 3.36. The molecule has 6 heteroatoms. The van der Waals surface area contributed by atoms with Crippen LogP contribution >= 0.6 is 11.3 Å². The second kappa shape index (κ2) is 7.36. The zero-order chi connectivity index (χ0) is 15.2. The monoisotopic (exact) mass is 306 g/mol. The Morgan fingerprint density at radius 2 is 2.24 bits per heavy atom. The summed E-state index contributed by atoms with van der Waals surface area (Å²) >= 11 is 1.30. The molecule has 1 atom stereocenters. The number of carbonyl (C=O) groups excluding carboxylic acids is 1. The van der Waals surface area contributed by atoms with Gasteiger partial charge in [0.2, 0.25) is 0 Å². The van der Waals surface area contributed by atoms with Gasteiger partial charge in [-0.3, -0.25) is 4.79 Å². The molecule has 1 amide bonds. The fourth-order valence-corrected chi connectivity index (χ4v) is 3.22. The number of anilines is 1. The van der Waals surface area contributed by atoms with Crippen LogP contribution < -0.4 is 11.1 Å². The van der Waals surface area contributed by atoms with E-state index in [1.54, 1.807) is 12.3 Å². The SMILES string of the molecule is CCCCCCC(C)NC(=O)c1sc2nnccc2c1N. The van der Waals surface area contributed by atoms with Gasteiger partial charge in [0.25, 0.3) is 5.91 Å². The van der Waals surface area contributed by atoms with Crippen molar-refractivity contribution in [1.29, 1.82) is 0 Å². The fourth-order valence-electron chi connectivity index (χ4n) is 2.28. The summed E-state index contributed by atoms with van der Waals surface area (Å²) in [6.45, 7) is 4.23. The Hall–Kier alpha value is -1.69. The second-order valence-corrected chi connectivity index (χ2v) is 6.32. The predicted molar refractivity (Wildman–Crippen MR) is 87.5 cm³/mol. The van der Waals surface area contributed by atoms with Gasteiger partial charge < -0.3 is 11.1 Å². The molecule has 0 bridgehead atoms. The van der Waals surface area contributed by atoms with E-state index in [0.29, 0.717) is 15.4 Å². The highest BCUT2D eigenvalue weighted by Crippen LogP contribution is 2.31. The minimum Gasteiger partial charge on any atom is -0.397 e. The van der Waals surface area contributed by atoms with Crippen molar-refractivity contribution < 1.29 is 4.79 Å². The molecule has 0 saturated heterocycles. The van der Waals surface area contributed by atoms with Gasteiger partial charge in [-0.05, 0) is 19.4 Å². The zero-order valence-electron chi connectivity index (χ0n) is 12.6. The molecular formula is C15H22N4OS. The van der Waals surface area contributed by atoms with E-state index < -0.39 is 0 Å². The number of thiophene rings is 1. The van der Waals surface area contributed by atoms with Crippen LogP contribution in [-0.2, 0) is 0 Å². The summed E-state index contributed by atoms with van der Waals surface area (Å²) in [5, 5.41) is 11.6. The van der Waals surface area contributed by atoms with Crippen molar-refractivity contribution in [2.75, 3.05) is 5.73 Å². The first kappa shape index (κ1) is 15.7. The van der Waals surface area contributed by atoms with Gasteiger partial charge in [0, 0.05) is 11.4 Å². The number of hydrogen-bond donors (Lipinski definition) is 2. The van der Waals surface area contributed by atoms with Gasteiger partial charge >= 0.3 is 0 Å². The molecule has 0 aliphatic carbocycles. The quantitative estimate of drug-likeness (QED) is 0.769. The molecule has 5 nitrogen and oxygen atoms in total. The molecule has 2 heterocycles. The van der Waals surface area contributed by atoms with Crippen LogP contribution in [0.25, 0.3) is 10.2 Å². The number of fused-ring (bicyclic) bond motifs is 1. The number of nitrogen functional groups attached to an aromatic ring is 1. The molecular weight excluding hydrogens is 284 g/mol. The lowest BCUT2D eigenvalue weighted by atomic mass is 10.1. The van der Waals surface area contributed by atoms with Crippen molar-refractivity contribution in [3.8, 4) is 0 Å². The normalized spacial score (nSPS) is 12.5. The summed E-state index contributed by atoms with van der Waals surface area (Å²) in [6, 6.07) is 1.95. The maximum absolute atomic E-state index is 12.3. The lowest BCUT2D eigenvalue weighted by molar-refractivity contribution is 0.0943. The van der Waals surface area contributed by atoms with E-state index in [4.69, 9.17) is 5.73 Å². The number of carbonyl (C=O) groups is 1. The Morgan fingerprint density at radius 3 is 2.95 bits per heavy atom. The lowest BCUT2D eigenvalue weighted by Gasteiger charge is -2.13. The highest BCUT2D eigenvalue weighted by atomic mass is 32.1. The van der Waals surface area contributed by atoms with Gasteiger partial charge in [-0.1, -0.05) is 32.6 Å². The number of amides is 1. The maximum Gasteiger partial charge on any atom is 0.263 e. The molecule has 3 N–H and O–H groups in total. The number of nitrogens with zero attached hydrogens (tertiary/aromatic N) is 2. The van der Waals surface area contributed by atoms with Crippen LogP contribution in [0.5, 0.6) is 0 Å². The minimum atomic E-state index is -0.113. The van der Waals surface area contributed by atoms with E-state index in [1.165, 1.54) is 30.6 Å². The van der Waals surface area contributed by atoms with Crippen LogP contribution in [0.15, 0.2) is 12.3 Å². The first-order valence-corrected chi connectivity index (χ1v) is 8.25. The standard InChI is InChI=1S/C15H22N4OS/c1-3-4-5-6-7-10(2)18-14(20)13-12(16)11-8-9-17-19-15(11)21-13/h8-10H,3-7,16H2,1-2H3,(H,18,20). The van der Waals surface area contributed by atoms with Crippen molar-refractivity contribution >= 4 is 33.1 Å². The van der Waals surface area contributed by atoms with E-state index in [0.717, 1.165) is 18.2 Å². The third-order valence-electron chi connectivity index (χ3n) is 3.49. The number of hydrogen-bond acceptors (Lipinski definition) is 5. The van der Waals surface area contributed by atoms with Gasteiger partial charge in [-0.25, -0.2) is 0 Å². The van der Waals surface area contributed by atoms with Crippen LogP contribution in [0.2, 0.25) is 0 Å². The molecule has 1 unspecified atom stereocenters. The molecule has 0 fully saturated rings. The van der Waals surface area contributed by atoms with E-state index in [9.17, 15) is 4.79 Å². The van der Waals surface area contributed by atoms with Crippen LogP contribution in [0.4, 0.5) is 5.69 Å². The maximum atomic E-state index is 12.3. The van der Waals surface area contributed by atoms with Crippen molar-refractivity contribution in [1.82, 2.24) is 15.5 Å². The van der Waals surface area contributed by atoms with E-state index in [1.807, 2.05) is 6.92 Å². The summed E-state index contributed by atoms with van der Waals surface area (Å²) in [7, 11) is 0. The molecule has 0 radical (unpaired) electrons. The van der Waals surface area contributed by atoms with Crippen molar-refractivity contribution in [2.24, 2.45) is 0 Å². The molecule has 0 aromatic carbocycles. The summed E-state index contributed by atoms with van der Waals surface area (Å²) in [5.74, 6) is -0.113. The highest BCUT2D eigenvalue weighted by molar-refractivity contribution is 7.21. The van der Waals surface area contributed by atoms with E-state index in [2.05, 4.69) is 22.4 Å². The topological polar surface area (TPSA) is 80.9 Å². The van der Waals surface area contributed by atoms with Gasteiger partial charge in [0.1, 0.15) is 9.71 Å². The van der Waals surface area contributed by atoms with E-state index in [-0.39, 0.29) is 11.9 Å². The molecule has 2 rings (SSSR count). The van der Waals surface area contributed by atoms with Gasteiger partial charge in [-0.15, -0.1) is 16.4 Å². The Bertz CT molecular complexity index is 611. The van der Waals surface area contributed by atoms with E-state index >= 15 is 0 Å². The molecule has 0 aliphatic heterocycles. The first-order valence-electron chi connectivity index (χ1n) is 7.44. The second-order valence-electron chi connectivity index (χ2n) is 5.32. The molecule has 2 aromatic rings. The number of nitrogens with one attached hydrogen (secondary N) is 1. The highest BCUT2D eigenvalue weighted by Gasteiger charge is 2.18. The number of nitrogens with two attached hydrogens (primary N) is 1. The van der Waals surface area contributed by atoms with Crippen molar-refractivity contribution in [2.45, 2.75) is 52.0 Å². The molecule has 0 aliphatic rings. The largest absolute Gasteiger partial charge is 0.397 e. The molecule has 0 saturated carbocycles. The van der Waals surface area contributed by atoms with Gasteiger partial charge in [0.15, 0.2) is 0 Å². The third kappa shape index (κ3) is 3.91. The van der Waals surface area contributed by atoms with Crippen LogP contribution in [0.3, 0.4) is 0 Å². The van der Waals surface area contributed by atoms with Gasteiger partial charge in [0.05, 0.1) is 11.9 Å². The Morgan fingerprint density at radius 1 is 1.43 bits per heavy atom. The van der Waals surface area contributed by atoms with Crippen LogP contribution in [0.1, 0.15) is 55.6 Å². The van der Waals surface area contributed by atoms with Gasteiger partial charge in [-0.2, -0.15) is 5.10 Å². The molecule has 2 aromatic heterocycles.